The minimum Gasteiger partial charge on any atom is -0.562 e. The van der Waals surface area contributed by atoms with E-state index in [-0.39, 0.29) is 49.1 Å². The molecule has 0 bridgehead atoms. The van der Waals surface area contributed by atoms with Crippen LogP contribution in [0, 0.1) is 6.58 Å². The molecule has 0 aromatic rings. The Morgan fingerprint density at radius 3 is 1.75 bits per heavy atom. The maximum absolute atomic E-state index is 9.54. The normalized spacial score (nSPS) is 5.62. The van der Waals surface area contributed by atoms with Crippen LogP contribution in [0.4, 0.5) is 0 Å². The molecule has 0 aromatic carbocycles. The fraction of sp³-hybridized carbons (Fsp3) is 0.250. The summed E-state index contributed by atoms with van der Waals surface area (Å²) in [5, 5.41) is 7.83. The van der Waals surface area contributed by atoms with Gasteiger partial charge in [0.2, 0.25) is 0 Å². The van der Waals surface area contributed by atoms with E-state index in [1.54, 1.807) is 0 Å². The van der Waals surface area contributed by atoms with Gasteiger partial charge in [-0.25, -0.2) is 0 Å². The Labute approximate surface area is 78.2 Å². The van der Waals surface area contributed by atoms with Crippen LogP contribution in [0.15, 0.2) is 5.57 Å². The molecule has 1 N–H and O–H groups in total. The Kier molecular flexibility index (Phi) is 15.1. The third-order valence-electron chi connectivity index (χ3n) is 0.337. The number of rotatable bonds is 1. The van der Waals surface area contributed by atoms with E-state index in [0.29, 0.717) is 0 Å². The fourth-order valence-electron chi connectivity index (χ4n) is 0. The molecular formula is C4H8AlO2Zr-. The predicted octanol–water partition coefficient (Wildman–Crippen LogP) is -0.736. The van der Waals surface area contributed by atoms with Gasteiger partial charge in [0.15, 0.2) is 23.3 Å². The average molecular weight is 206 g/mol. The molecule has 0 fully saturated rings. The van der Waals surface area contributed by atoms with Gasteiger partial charge in [0.1, 0.15) is 0 Å². The van der Waals surface area contributed by atoms with Crippen LogP contribution >= 0.6 is 0 Å². The van der Waals surface area contributed by atoms with Gasteiger partial charge in [0.25, 0.3) is 0 Å². The Morgan fingerprint density at radius 1 is 1.62 bits per heavy atom. The molecule has 8 heavy (non-hydrogen) atoms. The van der Waals surface area contributed by atoms with Crippen molar-refractivity contribution in [3.05, 3.63) is 12.2 Å². The molecule has 4 heteroatoms. The summed E-state index contributed by atoms with van der Waals surface area (Å²) in [4.78, 5) is 9.54. The van der Waals surface area contributed by atoms with Crippen LogP contribution in [-0.4, -0.2) is 28.4 Å². The van der Waals surface area contributed by atoms with Crippen molar-refractivity contribution in [1.29, 1.82) is 0 Å². The monoisotopic (exact) mass is 205 g/mol. The van der Waals surface area contributed by atoms with Crippen LogP contribution in [0.3, 0.4) is 0 Å². The van der Waals surface area contributed by atoms with Gasteiger partial charge in [0.05, 0.1) is 0 Å². The quantitative estimate of drug-likeness (QED) is 0.349. The smallest absolute Gasteiger partial charge is 0.187 e. The van der Waals surface area contributed by atoms with Crippen LogP contribution in [0.25, 0.3) is 0 Å². The molecule has 0 aliphatic rings. The summed E-state index contributed by atoms with van der Waals surface area (Å²) >= 11 is 0. The van der Waals surface area contributed by atoms with Crippen molar-refractivity contribution >= 4 is 23.3 Å². The number of carboxylic acid groups (broad SMARTS) is 1. The second-order valence-electron chi connectivity index (χ2n) is 0.988. The Balaban J connectivity index is -0.000000125. The molecule has 0 spiro atoms. The van der Waals surface area contributed by atoms with Crippen molar-refractivity contribution in [2.45, 2.75) is 6.92 Å². The van der Waals surface area contributed by atoms with Crippen LogP contribution < -0.4 is 0 Å². The van der Waals surface area contributed by atoms with E-state index in [0.717, 1.165) is 0 Å². The second-order valence-corrected chi connectivity index (χ2v) is 0.988. The molecule has 0 heterocycles. The van der Waals surface area contributed by atoms with Gasteiger partial charge in [0, 0.05) is 26.2 Å². The number of carboxylic acids is 1. The third kappa shape index (κ3) is 9.80. The summed E-state index contributed by atoms with van der Waals surface area (Å²) in [6.07, 6.45) is 0. The number of hydrogen-bond acceptors (Lipinski definition) is 1. The van der Waals surface area contributed by atoms with Crippen molar-refractivity contribution in [3.63, 3.8) is 0 Å². The van der Waals surface area contributed by atoms with Crippen molar-refractivity contribution in [3.8, 4) is 0 Å². The minimum absolute atomic E-state index is 0. The molecule has 44 valence electrons. The summed E-state index contributed by atoms with van der Waals surface area (Å²) < 4.78 is 0. The van der Waals surface area contributed by atoms with E-state index in [4.69, 9.17) is 11.7 Å². The van der Waals surface area contributed by atoms with Crippen LogP contribution in [0.5, 0.6) is 0 Å². The molecule has 0 aliphatic carbocycles. The Bertz CT molecular complexity index is 80.0. The van der Waals surface area contributed by atoms with Gasteiger partial charge < -0.3 is 9.90 Å². The number of aliphatic carboxylic acids is 1. The van der Waals surface area contributed by atoms with Gasteiger partial charge in [-0.05, 0) is 0 Å². The van der Waals surface area contributed by atoms with E-state index in [1.165, 1.54) is 6.92 Å². The fourth-order valence-corrected chi connectivity index (χ4v) is 0. The molecule has 2 nitrogen and oxygen atoms in total. The van der Waals surface area contributed by atoms with E-state index in [9.17, 15) is 4.79 Å². The zero-order chi connectivity index (χ0) is 5.15. The average Bonchev–Trinajstić information content (AvgIpc) is 1.36. The van der Waals surface area contributed by atoms with Gasteiger partial charge in [-0.1, -0.05) is 6.92 Å². The predicted molar refractivity (Wildman–Crippen MR) is 31.1 cm³/mol. The van der Waals surface area contributed by atoms with Crippen LogP contribution in [0.1, 0.15) is 6.92 Å². The SMILES string of the molecule is [AlH3].[CH-]=C(C)C(=O)O.[Zr]. The Hall–Kier alpha value is 0.626. The van der Waals surface area contributed by atoms with Gasteiger partial charge >= 0.3 is 0 Å². The summed E-state index contributed by atoms with van der Waals surface area (Å²) in [7, 11) is 0. The van der Waals surface area contributed by atoms with E-state index < -0.39 is 5.97 Å². The van der Waals surface area contributed by atoms with Crippen molar-refractivity contribution in [2.24, 2.45) is 0 Å². The van der Waals surface area contributed by atoms with Crippen LogP contribution in [0.2, 0.25) is 0 Å². The molecule has 0 aliphatic heterocycles. The first kappa shape index (κ1) is 15.8. The summed E-state index contributed by atoms with van der Waals surface area (Å²) in [5.74, 6) is -1.05. The van der Waals surface area contributed by atoms with Crippen molar-refractivity contribution in [2.75, 3.05) is 0 Å². The topological polar surface area (TPSA) is 37.3 Å². The zero-order valence-electron chi connectivity index (χ0n) is 3.93. The first-order chi connectivity index (χ1) is 2.64. The van der Waals surface area contributed by atoms with Crippen LogP contribution in [-0.2, 0) is 31.0 Å². The number of carbonyl (C=O) groups is 1. The second kappa shape index (κ2) is 7.63. The van der Waals surface area contributed by atoms with E-state index in [1.807, 2.05) is 0 Å². The van der Waals surface area contributed by atoms with E-state index >= 15 is 0 Å². The molecule has 0 atom stereocenters. The minimum atomic E-state index is -1.05. The first-order valence-electron chi connectivity index (χ1n) is 1.47. The maximum atomic E-state index is 9.54. The standard InChI is InChI=1S/C4H5O2.Al.Zr.3H/c1-3(2)4(5)6;;;;;/h1H,2H3,(H,5,6);;;;;/q-1;;;;;. The maximum Gasteiger partial charge on any atom is 0.187 e. The summed E-state index contributed by atoms with van der Waals surface area (Å²) in [5.41, 5.74) is -0.0741. The largest absolute Gasteiger partial charge is 0.562 e. The summed E-state index contributed by atoms with van der Waals surface area (Å²) in [6, 6.07) is 0. The molecule has 0 aromatic heterocycles. The molecule has 0 saturated carbocycles. The molecule has 0 saturated heterocycles. The van der Waals surface area contributed by atoms with Gasteiger partial charge in [-0.3, -0.25) is 6.58 Å². The van der Waals surface area contributed by atoms with Crippen molar-refractivity contribution < 1.29 is 36.1 Å². The molecule has 0 unspecified atom stereocenters. The Morgan fingerprint density at radius 2 is 1.75 bits per heavy atom. The van der Waals surface area contributed by atoms with Gasteiger partial charge in [-0.2, -0.15) is 0 Å². The van der Waals surface area contributed by atoms with Crippen molar-refractivity contribution in [1.82, 2.24) is 0 Å². The third-order valence-corrected chi connectivity index (χ3v) is 0.337. The molecule has 0 radical (unpaired) electrons. The summed E-state index contributed by atoms with van der Waals surface area (Å²) in [6.45, 7) is 6.09. The van der Waals surface area contributed by atoms with E-state index in [2.05, 4.69) is 0 Å². The number of hydrogen-bond donors (Lipinski definition) is 1. The first-order valence-corrected chi connectivity index (χ1v) is 1.47. The molecule has 0 rings (SSSR count). The van der Waals surface area contributed by atoms with Gasteiger partial charge in [-0.15, -0.1) is 5.57 Å². The molecular weight excluding hydrogens is 198 g/mol. The molecule has 0 amide bonds. The zero-order valence-corrected chi connectivity index (χ0v) is 6.39.